The highest BCUT2D eigenvalue weighted by molar-refractivity contribution is 9.93. The van der Waals surface area contributed by atoms with Gasteiger partial charge in [0.05, 0.1) is 0 Å². The molecule has 0 atom stereocenters. The standard InChI is InChI=1S/C4H8O.Br2/c1-2-4-5-3-1;1-2/h1-4H2;. The first-order valence-electron chi connectivity index (χ1n) is 2.22. The van der Waals surface area contributed by atoms with Crippen LogP contribution in [0, 0.1) is 0 Å². The Morgan fingerprint density at radius 1 is 1.00 bits per heavy atom. The van der Waals surface area contributed by atoms with Crippen molar-refractivity contribution in [3.8, 4) is 0 Å². The first-order chi connectivity index (χ1) is 3.50. The van der Waals surface area contributed by atoms with E-state index < -0.39 is 0 Å². The number of ether oxygens (including phenoxy) is 1. The van der Waals surface area contributed by atoms with Crippen molar-refractivity contribution in [2.75, 3.05) is 13.2 Å². The Balaban J connectivity index is 0.000000162. The minimum atomic E-state index is 1.00. The highest BCUT2D eigenvalue weighted by atomic mass is 80.9. The number of hydrogen-bond acceptors (Lipinski definition) is 1. The molecule has 0 radical (unpaired) electrons. The van der Waals surface area contributed by atoms with Gasteiger partial charge in [-0.25, -0.2) is 0 Å². The molecule has 0 saturated carbocycles. The van der Waals surface area contributed by atoms with Gasteiger partial charge in [0.1, 0.15) is 0 Å². The summed E-state index contributed by atoms with van der Waals surface area (Å²) < 4.78 is 4.94. The molecule has 0 aromatic carbocycles. The van der Waals surface area contributed by atoms with Crippen molar-refractivity contribution in [1.82, 2.24) is 0 Å². The van der Waals surface area contributed by atoms with Gasteiger partial charge < -0.3 is 4.74 Å². The molecule has 0 aromatic heterocycles. The van der Waals surface area contributed by atoms with Crippen molar-refractivity contribution in [2.24, 2.45) is 0 Å². The van der Waals surface area contributed by atoms with E-state index >= 15 is 0 Å². The van der Waals surface area contributed by atoms with Gasteiger partial charge in [-0.3, -0.25) is 0 Å². The third kappa shape index (κ3) is 4.78. The van der Waals surface area contributed by atoms with Crippen LogP contribution in [0.25, 0.3) is 0 Å². The fourth-order valence-electron chi connectivity index (χ4n) is 0.510. The summed E-state index contributed by atoms with van der Waals surface area (Å²) >= 11 is 5.50. The molecule has 0 spiro atoms. The summed E-state index contributed by atoms with van der Waals surface area (Å²) in [6.07, 6.45) is 2.56. The van der Waals surface area contributed by atoms with Crippen LogP contribution < -0.4 is 0 Å². The summed E-state index contributed by atoms with van der Waals surface area (Å²) in [6, 6.07) is 0. The van der Waals surface area contributed by atoms with Gasteiger partial charge in [-0.15, -0.1) is 0 Å². The first kappa shape index (κ1) is 7.92. The Bertz CT molecular complexity index is 21.3. The summed E-state index contributed by atoms with van der Waals surface area (Å²) in [5.41, 5.74) is 0. The van der Waals surface area contributed by atoms with Crippen molar-refractivity contribution in [3.63, 3.8) is 0 Å². The highest BCUT2D eigenvalue weighted by Gasteiger charge is 1.94. The van der Waals surface area contributed by atoms with Crippen molar-refractivity contribution >= 4 is 28.3 Å². The van der Waals surface area contributed by atoms with Gasteiger partial charge in [-0.05, 0) is 12.8 Å². The van der Waals surface area contributed by atoms with E-state index in [1.54, 1.807) is 0 Å². The van der Waals surface area contributed by atoms with Crippen LogP contribution >= 0.6 is 28.3 Å². The topological polar surface area (TPSA) is 9.23 Å². The van der Waals surface area contributed by atoms with E-state index in [1.807, 2.05) is 0 Å². The summed E-state index contributed by atoms with van der Waals surface area (Å²) in [7, 11) is 0. The predicted octanol–water partition coefficient (Wildman–Crippen LogP) is 2.49. The van der Waals surface area contributed by atoms with Crippen LogP contribution in [-0.2, 0) is 4.74 Å². The molecular weight excluding hydrogens is 224 g/mol. The maximum Gasteiger partial charge on any atom is 0.0466 e. The molecule has 44 valence electrons. The normalized spacial score (nSPS) is 18.0. The van der Waals surface area contributed by atoms with Crippen LogP contribution in [0.3, 0.4) is 0 Å². The van der Waals surface area contributed by atoms with Gasteiger partial charge in [0, 0.05) is 41.5 Å². The fraction of sp³-hybridized carbons (Fsp3) is 1.00. The molecule has 1 saturated heterocycles. The number of rotatable bonds is 0. The Hall–Kier alpha value is 0.920. The Morgan fingerprint density at radius 2 is 1.43 bits per heavy atom. The molecule has 0 N–H and O–H groups in total. The second-order valence-corrected chi connectivity index (χ2v) is 1.32. The monoisotopic (exact) mass is 230 g/mol. The minimum Gasteiger partial charge on any atom is -0.381 e. The molecule has 1 aliphatic heterocycles. The van der Waals surface area contributed by atoms with Crippen LogP contribution in [-0.4, -0.2) is 13.2 Å². The zero-order valence-corrected chi connectivity index (χ0v) is 7.16. The molecule has 3 heteroatoms. The van der Waals surface area contributed by atoms with E-state index in [4.69, 9.17) is 4.74 Å². The molecule has 1 aliphatic rings. The average Bonchev–Trinajstić information content (AvgIpc) is 2.23. The fourth-order valence-corrected chi connectivity index (χ4v) is 0.510. The average molecular weight is 232 g/mol. The SMILES string of the molecule is BrBr.C1CCOC1. The molecule has 0 aliphatic carbocycles. The molecule has 1 rings (SSSR count). The van der Waals surface area contributed by atoms with Crippen LogP contribution in [0.5, 0.6) is 0 Å². The van der Waals surface area contributed by atoms with E-state index in [9.17, 15) is 0 Å². The quantitative estimate of drug-likeness (QED) is 0.623. The van der Waals surface area contributed by atoms with E-state index in [0.717, 1.165) is 13.2 Å². The molecule has 0 unspecified atom stereocenters. The Morgan fingerprint density at radius 3 is 1.57 bits per heavy atom. The molecule has 1 fully saturated rings. The summed E-state index contributed by atoms with van der Waals surface area (Å²) in [4.78, 5) is 0. The lowest BCUT2D eigenvalue weighted by Gasteiger charge is -1.76. The van der Waals surface area contributed by atoms with Crippen LogP contribution in [0.1, 0.15) is 12.8 Å². The molecule has 7 heavy (non-hydrogen) atoms. The maximum absolute atomic E-state index is 4.94. The summed E-state index contributed by atoms with van der Waals surface area (Å²) in [6.45, 7) is 2.00. The minimum absolute atomic E-state index is 1.00. The summed E-state index contributed by atoms with van der Waals surface area (Å²) in [5.74, 6) is 0. The van der Waals surface area contributed by atoms with Gasteiger partial charge >= 0.3 is 0 Å². The van der Waals surface area contributed by atoms with Gasteiger partial charge in [0.15, 0.2) is 0 Å². The van der Waals surface area contributed by atoms with Gasteiger partial charge in [-0.1, -0.05) is 0 Å². The zero-order chi connectivity index (χ0) is 5.54. The van der Waals surface area contributed by atoms with Crippen molar-refractivity contribution in [3.05, 3.63) is 0 Å². The second-order valence-electron chi connectivity index (χ2n) is 1.32. The third-order valence-corrected chi connectivity index (χ3v) is 0.827. The third-order valence-electron chi connectivity index (χ3n) is 0.827. The van der Waals surface area contributed by atoms with Crippen LogP contribution in [0.15, 0.2) is 0 Å². The molecular formula is C4H8Br2O. The van der Waals surface area contributed by atoms with Crippen LogP contribution in [0.2, 0.25) is 0 Å². The van der Waals surface area contributed by atoms with Crippen molar-refractivity contribution in [2.45, 2.75) is 12.8 Å². The Kier molecular flexibility index (Phi) is 7.83. The van der Waals surface area contributed by atoms with Gasteiger partial charge in [-0.2, -0.15) is 0 Å². The smallest absolute Gasteiger partial charge is 0.0466 e. The molecule has 1 heterocycles. The zero-order valence-electron chi connectivity index (χ0n) is 3.99. The number of hydrogen-bond donors (Lipinski definition) is 0. The molecule has 0 bridgehead atoms. The number of halogens is 2. The van der Waals surface area contributed by atoms with Crippen LogP contribution in [0.4, 0.5) is 0 Å². The largest absolute Gasteiger partial charge is 0.381 e. The second kappa shape index (κ2) is 6.92. The van der Waals surface area contributed by atoms with Crippen molar-refractivity contribution in [1.29, 1.82) is 0 Å². The summed E-state index contributed by atoms with van der Waals surface area (Å²) in [5, 5.41) is 0. The van der Waals surface area contributed by atoms with Gasteiger partial charge in [0.2, 0.25) is 0 Å². The van der Waals surface area contributed by atoms with Gasteiger partial charge in [0.25, 0.3) is 0 Å². The molecule has 0 amide bonds. The first-order valence-corrected chi connectivity index (χ1v) is 5.93. The predicted molar refractivity (Wildman–Crippen MR) is 37.9 cm³/mol. The van der Waals surface area contributed by atoms with E-state index in [2.05, 4.69) is 28.3 Å². The lowest BCUT2D eigenvalue weighted by molar-refractivity contribution is 0.198. The lowest BCUT2D eigenvalue weighted by atomic mass is 10.4. The van der Waals surface area contributed by atoms with E-state index in [1.165, 1.54) is 12.8 Å². The lowest BCUT2D eigenvalue weighted by Crippen LogP contribution is -1.74. The van der Waals surface area contributed by atoms with Crippen molar-refractivity contribution < 1.29 is 4.74 Å². The molecule has 1 nitrogen and oxygen atoms in total. The maximum atomic E-state index is 4.94. The Labute approximate surface area is 59.3 Å². The molecule has 0 aromatic rings. The van der Waals surface area contributed by atoms with E-state index in [0.29, 0.717) is 0 Å². The van der Waals surface area contributed by atoms with E-state index in [-0.39, 0.29) is 0 Å². The highest BCUT2D eigenvalue weighted by Crippen LogP contribution is 1.98.